The Kier molecular flexibility index (Phi) is 7.22. The maximum atomic E-state index is 12.5. The van der Waals surface area contributed by atoms with Crippen molar-refractivity contribution in [2.45, 2.75) is 25.9 Å². The van der Waals surface area contributed by atoms with Crippen molar-refractivity contribution in [3.05, 3.63) is 78.0 Å². The Morgan fingerprint density at radius 2 is 1.97 bits per heavy atom. The molecule has 0 radical (unpaired) electrons. The van der Waals surface area contributed by atoms with Crippen LogP contribution in [0.2, 0.25) is 0 Å². The van der Waals surface area contributed by atoms with Crippen molar-refractivity contribution in [1.29, 1.82) is 0 Å². The molecule has 29 heavy (non-hydrogen) atoms. The Bertz CT molecular complexity index is 960. The number of benzene rings is 2. The Labute approximate surface area is 171 Å². The van der Waals surface area contributed by atoms with Gasteiger partial charge < -0.3 is 20.1 Å². The third-order valence-electron chi connectivity index (χ3n) is 5.02. The zero-order valence-corrected chi connectivity index (χ0v) is 16.9. The van der Waals surface area contributed by atoms with Crippen molar-refractivity contribution in [3.8, 4) is 0 Å². The van der Waals surface area contributed by atoms with Crippen LogP contribution < -0.4 is 5.32 Å². The van der Waals surface area contributed by atoms with Crippen molar-refractivity contribution >= 4 is 22.5 Å². The summed E-state index contributed by atoms with van der Waals surface area (Å²) in [4.78, 5) is 15.7. The van der Waals surface area contributed by atoms with Gasteiger partial charge in [0.05, 0.1) is 12.5 Å². The van der Waals surface area contributed by atoms with Crippen LogP contribution in [0, 0.1) is 5.92 Å². The van der Waals surface area contributed by atoms with E-state index in [-0.39, 0.29) is 24.5 Å². The van der Waals surface area contributed by atoms with Gasteiger partial charge in [-0.3, -0.25) is 4.79 Å². The normalized spacial score (nSPS) is 13.6. The van der Waals surface area contributed by atoms with Gasteiger partial charge in [-0.1, -0.05) is 49.4 Å². The van der Waals surface area contributed by atoms with Crippen molar-refractivity contribution in [3.63, 3.8) is 0 Å². The number of hydrogen-bond donors (Lipinski definition) is 3. The number of aromatic amines is 1. The summed E-state index contributed by atoms with van der Waals surface area (Å²) in [5, 5.41) is 12.9. The van der Waals surface area contributed by atoms with Crippen molar-refractivity contribution in [1.82, 2.24) is 4.98 Å². The van der Waals surface area contributed by atoms with E-state index in [0.717, 1.165) is 27.7 Å². The second-order valence-electron chi connectivity index (χ2n) is 7.16. The third kappa shape index (κ3) is 5.34. The first-order chi connectivity index (χ1) is 14.1. The number of hydrogen-bond acceptors (Lipinski definition) is 3. The van der Waals surface area contributed by atoms with Gasteiger partial charge in [-0.2, -0.15) is 0 Å². The quantitative estimate of drug-likeness (QED) is 0.466. The maximum absolute atomic E-state index is 12.5. The van der Waals surface area contributed by atoms with E-state index in [2.05, 4.69) is 23.3 Å². The Morgan fingerprint density at radius 3 is 2.69 bits per heavy atom. The number of carbonyl (C=O) groups is 1. The largest absolute Gasteiger partial charge is 0.396 e. The van der Waals surface area contributed by atoms with Crippen molar-refractivity contribution < 1.29 is 14.6 Å². The fourth-order valence-electron chi connectivity index (χ4n) is 3.55. The van der Waals surface area contributed by atoms with Crippen LogP contribution in [0.5, 0.6) is 0 Å². The average Bonchev–Trinajstić information content (AvgIpc) is 3.13. The van der Waals surface area contributed by atoms with E-state index in [9.17, 15) is 4.79 Å². The lowest BCUT2D eigenvalue weighted by Gasteiger charge is -2.21. The molecular weight excluding hydrogens is 364 g/mol. The average molecular weight is 392 g/mol. The molecule has 5 nitrogen and oxygen atoms in total. The molecule has 0 aliphatic rings. The molecule has 2 aromatic carbocycles. The van der Waals surface area contributed by atoms with Crippen LogP contribution in [0.15, 0.2) is 66.9 Å². The molecule has 152 valence electrons. The molecule has 0 saturated carbocycles. The van der Waals surface area contributed by atoms with E-state index in [1.165, 1.54) is 0 Å². The number of carbonyl (C=O) groups excluding carboxylic acids is 1. The van der Waals surface area contributed by atoms with Gasteiger partial charge in [0.15, 0.2) is 0 Å². The molecule has 0 saturated heterocycles. The van der Waals surface area contributed by atoms with Gasteiger partial charge in [0.2, 0.25) is 5.91 Å². The van der Waals surface area contributed by atoms with Crippen LogP contribution in [0.1, 0.15) is 30.6 Å². The minimum Gasteiger partial charge on any atom is -0.396 e. The fourth-order valence-corrected chi connectivity index (χ4v) is 3.55. The number of aromatic nitrogens is 1. The van der Waals surface area contributed by atoms with Gasteiger partial charge in [0.25, 0.3) is 0 Å². The van der Waals surface area contributed by atoms with Crippen LogP contribution in [0.3, 0.4) is 0 Å². The zero-order valence-electron chi connectivity index (χ0n) is 16.9. The van der Waals surface area contributed by atoms with Crippen molar-refractivity contribution in [2.24, 2.45) is 5.92 Å². The standard InChI is InChI=1S/C24H28N2O3/c1-17(7-5-6-14-27)24(29-2)18-10-12-20(13-11-18)26-23(28)15-19-16-25-22-9-4-3-8-21(19)22/h3-5,7-13,16-17,24-25,27H,6,14-15H2,1-2H3,(H,26,28)/b7-5+/t17-,24+/m0/s1. The van der Waals surface area contributed by atoms with Gasteiger partial charge in [0.1, 0.15) is 0 Å². The number of aliphatic hydroxyl groups excluding tert-OH is 1. The number of ether oxygens (including phenoxy) is 1. The minimum absolute atomic E-state index is 0.0499. The number of rotatable bonds is 9. The number of fused-ring (bicyclic) bond motifs is 1. The van der Waals surface area contributed by atoms with Crippen LogP contribution in [-0.4, -0.2) is 29.7 Å². The number of para-hydroxylation sites is 1. The van der Waals surface area contributed by atoms with E-state index in [0.29, 0.717) is 12.8 Å². The van der Waals surface area contributed by atoms with Crippen molar-refractivity contribution in [2.75, 3.05) is 19.0 Å². The summed E-state index contributed by atoms with van der Waals surface area (Å²) in [5.41, 5.74) is 3.82. The first kappa shape index (κ1) is 20.8. The maximum Gasteiger partial charge on any atom is 0.228 e. The first-order valence-corrected chi connectivity index (χ1v) is 9.87. The zero-order chi connectivity index (χ0) is 20.6. The fraction of sp³-hybridized carbons (Fsp3) is 0.292. The molecule has 1 heterocycles. The lowest BCUT2D eigenvalue weighted by atomic mass is 9.96. The molecule has 0 unspecified atom stereocenters. The molecule has 0 bridgehead atoms. The minimum atomic E-state index is -0.0825. The van der Waals surface area contributed by atoms with E-state index in [4.69, 9.17) is 9.84 Å². The summed E-state index contributed by atoms with van der Waals surface area (Å²) >= 11 is 0. The SMILES string of the molecule is CO[C@@H](c1ccc(NC(=O)Cc2c[nH]c3ccccc23)cc1)[C@@H](C)/C=C/CCO. The monoisotopic (exact) mass is 392 g/mol. The second kappa shape index (κ2) is 10.0. The molecule has 0 spiro atoms. The summed E-state index contributed by atoms with van der Waals surface area (Å²) < 4.78 is 5.66. The number of H-pyrrole nitrogens is 1. The highest BCUT2D eigenvalue weighted by atomic mass is 16.5. The van der Waals surface area contributed by atoms with E-state index in [1.807, 2.05) is 60.8 Å². The topological polar surface area (TPSA) is 74.3 Å². The van der Waals surface area contributed by atoms with E-state index >= 15 is 0 Å². The molecule has 3 N–H and O–H groups in total. The highest BCUT2D eigenvalue weighted by Gasteiger charge is 2.17. The molecule has 0 aliphatic heterocycles. The predicted molar refractivity (Wildman–Crippen MR) is 117 cm³/mol. The highest BCUT2D eigenvalue weighted by molar-refractivity contribution is 5.95. The molecule has 0 fully saturated rings. The van der Waals surface area contributed by atoms with Gasteiger partial charge in [-0.25, -0.2) is 0 Å². The molecule has 1 aromatic heterocycles. The lowest BCUT2D eigenvalue weighted by Crippen LogP contribution is -2.14. The third-order valence-corrected chi connectivity index (χ3v) is 5.02. The second-order valence-corrected chi connectivity index (χ2v) is 7.16. The van der Waals surface area contributed by atoms with Crippen LogP contribution >= 0.6 is 0 Å². The number of amides is 1. The molecular formula is C24H28N2O3. The summed E-state index contributed by atoms with van der Waals surface area (Å²) in [5.74, 6) is 0.125. The molecule has 3 aromatic rings. The summed E-state index contributed by atoms with van der Waals surface area (Å²) in [6.07, 6.45) is 6.79. The molecule has 2 atom stereocenters. The highest BCUT2D eigenvalue weighted by Crippen LogP contribution is 2.27. The molecule has 1 amide bonds. The Balaban J connectivity index is 1.62. The van der Waals surface area contributed by atoms with Gasteiger partial charge in [0, 0.05) is 42.4 Å². The van der Waals surface area contributed by atoms with Crippen LogP contribution in [-0.2, 0) is 16.0 Å². The lowest BCUT2D eigenvalue weighted by molar-refractivity contribution is -0.115. The summed E-state index contributed by atoms with van der Waals surface area (Å²) in [6, 6.07) is 15.7. The van der Waals surface area contributed by atoms with E-state index < -0.39 is 0 Å². The number of nitrogens with one attached hydrogen (secondary N) is 2. The molecule has 0 aliphatic carbocycles. The Morgan fingerprint density at radius 1 is 1.21 bits per heavy atom. The van der Waals surface area contributed by atoms with Gasteiger partial charge in [-0.05, 0) is 35.7 Å². The predicted octanol–water partition coefficient (Wildman–Crippen LogP) is 4.61. The summed E-state index contributed by atoms with van der Waals surface area (Å²) in [6.45, 7) is 2.23. The van der Waals surface area contributed by atoms with Crippen LogP contribution in [0.25, 0.3) is 10.9 Å². The summed E-state index contributed by atoms with van der Waals surface area (Å²) in [7, 11) is 1.69. The van der Waals surface area contributed by atoms with Crippen LogP contribution in [0.4, 0.5) is 5.69 Å². The van der Waals surface area contributed by atoms with E-state index in [1.54, 1.807) is 7.11 Å². The number of methoxy groups -OCH3 is 1. The first-order valence-electron chi connectivity index (χ1n) is 9.87. The number of anilines is 1. The molecule has 3 rings (SSSR count). The smallest absolute Gasteiger partial charge is 0.228 e. The van der Waals surface area contributed by atoms with Gasteiger partial charge in [-0.15, -0.1) is 0 Å². The molecule has 5 heteroatoms. The Hall–Kier alpha value is -2.89. The number of aliphatic hydroxyl groups is 1. The van der Waals surface area contributed by atoms with Gasteiger partial charge >= 0.3 is 0 Å².